The Kier molecular flexibility index (Phi) is 3.39. The monoisotopic (exact) mass is 258 g/mol. The van der Waals surface area contributed by atoms with Crippen molar-refractivity contribution < 1.29 is 8.42 Å². The van der Waals surface area contributed by atoms with Crippen LogP contribution >= 0.6 is 0 Å². The van der Waals surface area contributed by atoms with Gasteiger partial charge in [-0.1, -0.05) is 0 Å². The smallest absolute Gasteiger partial charge is 0.211 e. The van der Waals surface area contributed by atoms with Crippen molar-refractivity contribution in [1.29, 1.82) is 0 Å². The Morgan fingerprint density at radius 3 is 2.59 bits per heavy atom. The van der Waals surface area contributed by atoms with Crippen LogP contribution in [0.25, 0.3) is 0 Å². The molecule has 2 N–H and O–H groups in total. The minimum Gasteiger partial charge on any atom is -0.396 e. The Balaban J connectivity index is 1.87. The molecule has 1 aromatic rings. The highest BCUT2D eigenvalue weighted by Gasteiger charge is 2.25. The minimum atomic E-state index is -3.03. The van der Waals surface area contributed by atoms with Crippen molar-refractivity contribution in [3.8, 4) is 0 Å². The maximum absolute atomic E-state index is 11.3. The van der Waals surface area contributed by atoms with Crippen LogP contribution in [0.5, 0.6) is 0 Å². The van der Waals surface area contributed by atoms with Gasteiger partial charge in [-0.05, 0) is 18.8 Å². The van der Waals surface area contributed by atoms with E-state index in [2.05, 4.69) is 5.10 Å². The summed E-state index contributed by atoms with van der Waals surface area (Å²) in [5.41, 5.74) is 6.26. The van der Waals surface area contributed by atoms with Crippen LogP contribution in [0.3, 0.4) is 0 Å². The fourth-order valence-electron chi connectivity index (χ4n) is 2.17. The van der Waals surface area contributed by atoms with Crippen molar-refractivity contribution >= 4 is 15.7 Å². The van der Waals surface area contributed by atoms with Gasteiger partial charge in [-0.15, -0.1) is 0 Å². The molecule has 0 radical (unpaired) electrons. The van der Waals surface area contributed by atoms with Crippen LogP contribution < -0.4 is 5.73 Å². The molecule has 0 aliphatic carbocycles. The second-order valence-electron chi connectivity index (χ2n) is 4.60. The highest BCUT2D eigenvalue weighted by Crippen LogP contribution is 2.20. The van der Waals surface area contributed by atoms with E-state index in [0.717, 1.165) is 19.4 Å². The molecule has 0 unspecified atom stereocenters. The van der Waals surface area contributed by atoms with Gasteiger partial charge >= 0.3 is 0 Å². The van der Waals surface area contributed by atoms with Crippen LogP contribution in [-0.2, 0) is 16.6 Å². The predicted octanol–water partition coefficient (Wildman–Crippen LogP) is 0.137. The largest absolute Gasteiger partial charge is 0.396 e. The second-order valence-corrected chi connectivity index (χ2v) is 6.58. The number of piperidine rings is 1. The molecule has 2 heterocycles. The standard InChI is InChI=1S/C10H18N4O2S/c1-17(15,16)14-4-2-9(3-5-14)7-13-8-10(11)6-12-13/h6,8-9H,2-5,7,11H2,1H3. The number of nitrogen functional groups attached to an aromatic ring is 1. The summed E-state index contributed by atoms with van der Waals surface area (Å²) in [4.78, 5) is 0. The van der Waals surface area contributed by atoms with Crippen LogP contribution in [0.2, 0.25) is 0 Å². The molecule has 6 nitrogen and oxygen atoms in total. The van der Waals surface area contributed by atoms with E-state index >= 15 is 0 Å². The molecule has 1 aliphatic heterocycles. The van der Waals surface area contributed by atoms with Gasteiger partial charge in [-0.3, -0.25) is 4.68 Å². The fraction of sp³-hybridized carbons (Fsp3) is 0.700. The lowest BCUT2D eigenvalue weighted by atomic mass is 9.98. The number of hydrogen-bond donors (Lipinski definition) is 1. The molecule has 1 aliphatic rings. The van der Waals surface area contributed by atoms with Gasteiger partial charge in [0.2, 0.25) is 10.0 Å². The summed E-state index contributed by atoms with van der Waals surface area (Å²) >= 11 is 0. The molecule has 0 atom stereocenters. The van der Waals surface area contributed by atoms with Crippen LogP contribution in [0.15, 0.2) is 12.4 Å². The first-order chi connectivity index (χ1) is 7.95. The molecule has 1 fully saturated rings. The highest BCUT2D eigenvalue weighted by molar-refractivity contribution is 7.88. The molecule has 1 saturated heterocycles. The van der Waals surface area contributed by atoms with Crippen LogP contribution in [0.4, 0.5) is 5.69 Å². The summed E-state index contributed by atoms with van der Waals surface area (Å²) in [6.07, 6.45) is 6.47. The Morgan fingerprint density at radius 1 is 1.47 bits per heavy atom. The first-order valence-corrected chi connectivity index (χ1v) is 7.53. The maximum atomic E-state index is 11.3. The molecular weight excluding hydrogens is 240 g/mol. The molecule has 0 spiro atoms. The second kappa shape index (κ2) is 4.66. The lowest BCUT2D eigenvalue weighted by molar-refractivity contribution is 0.248. The predicted molar refractivity (Wildman–Crippen MR) is 65.8 cm³/mol. The van der Waals surface area contributed by atoms with E-state index in [1.165, 1.54) is 6.26 Å². The Bertz CT molecular complexity index is 474. The maximum Gasteiger partial charge on any atom is 0.211 e. The van der Waals surface area contributed by atoms with Gasteiger partial charge in [0, 0.05) is 25.8 Å². The number of nitrogens with zero attached hydrogens (tertiary/aromatic N) is 3. The highest BCUT2D eigenvalue weighted by atomic mass is 32.2. The fourth-order valence-corrected chi connectivity index (χ4v) is 3.04. The number of sulfonamides is 1. The summed E-state index contributed by atoms with van der Waals surface area (Å²) in [5.74, 6) is 0.479. The molecule has 2 rings (SSSR count). The zero-order valence-corrected chi connectivity index (χ0v) is 10.7. The zero-order chi connectivity index (χ0) is 12.5. The van der Waals surface area contributed by atoms with Gasteiger partial charge in [0.15, 0.2) is 0 Å². The van der Waals surface area contributed by atoms with E-state index in [9.17, 15) is 8.42 Å². The number of anilines is 1. The van der Waals surface area contributed by atoms with Gasteiger partial charge < -0.3 is 5.73 Å². The number of nitrogens with two attached hydrogens (primary N) is 1. The van der Waals surface area contributed by atoms with Crippen molar-refractivity contribution in [2.45, 2.75) is 19.4 Å². The third-order valence-electron chi connectivity index (χ3n) is 3.14. The molecule has 7 heteroatoms. The van der Waals surface area contributed by atoms with E-state index in [1.54, 1.807) is 10.5 Å². The van der Waals surface area contributed by atoms with Gasteiger partial charge in [0.1, 0.15) is 0 Å². The molecule has 0 bridgehead atoms. The van der Waals surface area contributed by atoms with Crippen LogP contribution in [0, 0.1) is 5.92 Å². The summed E-state index contributed by atoms with van der Waals surface area (Å²) < 4.78 is 26.1. The molecule has 0 aromatic carbocycles. The van der Waals surface area contributed by atoms with E-state index in [4.69, 9.17) is 5.73 Å². The van der Waals surface area contributed by atoms with E-state index in [0.29, 0.717) is 24.7 Å². The Hall–Kier alpha value is -1.08. The van der Waals surface area contributed by atoms with Crippen molar-refractivity contribution in [3.05, 3.63) is 12.4 Å². The zero-order valence-electron chi connectivity index (χ0n) is 9.91. The molecular formula is C10H18N4O2S. The molecule has 17 heavy (non-hydrogen) atoms. The Labute approximate surface area is 101 Å². The third-order valence-corrected chi connectivity index (χ3v) is 4.44. The normalized spacial score (nSPS) is 19.6. The van der Waals surface area contributed by atoms with Gasteiger partial charge in [0.05, 0.1) is 18.1 Å². The number of aromatic nitrogens is 2. The topological polar surface area (TPSA) is 81.2 Å². The molecule has 96 valence electrons. The van der Waals surface area contributed by atoms with E-state index in [-0.39, 0.29) is 0 Å². The molecule has 1 aromatic heterocycles. The number of rotatable bonds is 3. The first-order valence-electron chi connectivity index (χ1n) is 5.68. The van der Waals surface area contributed by atoms with E-state index in [1.807, 2.05) is 10.9 Å². The average molecular weight is 258 g/mol. The lowest BCUT2D eigenvalue weighted by Crippen LogP contribution is -2.38. The van der Waals surface area contributed by atoms with Crippen molar-refractivity contribution in [2.24, 2.45) is 5.92 Å². The minimum absolute atomic E-state index is 0.479. The molecule has 0 saturated carbocycles. The first kappa shape index (κ1) is 12.4. The summed E-state index contributed by atoms with van der Waals surface area (Å²) in [6.45, 7) is 2.04. The number of hydrogen-bond acceptors (Lipinski definition) is 4. The SMILES string of the molecule is CS(=O)(=O)N1CCC(Cn2cc(N)cn2)CC1. The summed E-state index contributed by atoms with van der Waals surface area (Å²) in [7, 11) is -3.03. The van der Waals surface area contributed by atoms with Crippen molar-refractivity contribution in [1.82, 2.24) is 14.1 Å². The summed E-state index contributed by atoms with van der Waals surface area (Å²) in [6, 6.07) is 0. The van der Waals surface area contributed by atoms with Gasteiger partial charge in [0.25, 0.3) is 0 Å². The lowest BCUT2D eigenvalue weighted by Gasteiger charge is -2.30. The van der Waals surface area contributed by atoms with Crippen LogP contribution in [-0.4, -0.2) is 41.8 Å². The van der Waals surface area contributed by atoms with Gasteiger partial charge in [-0.25, -0.2) is 12.7 Å². The summed E-state index contributed by atoms with van der Waals surface area (Å²) in [5, 5.41) is 4.14. The Morgan fingerprint density at radius 2 is 2.12 bits per heavy atom. The quantitative estimate of drug-likeness (QED) is 0.836. The van der Waals surface area contributed by atoms with Crippen molar-refractivity contribution in [2.75, 3.05) is 25.1 Å². The van der Waals surface area contributed by atoms with Gasteiger partial charge in [-0.2, -0.15) is 5.10 Å². The average Bonchev–Trinajstić information content (AvgIpc) is 2.63. The van der Waals surface area contributed by atoms with Crippen molar-refractivity contribution in [3.63, 3.8) is 0 Å². The molecule has 0 amide bonds. The van der Waals surface area contributed by atoms with Crippen LogP contribution in [0.1, 0.15) is 12.8 Å². The third kappa shape index (κ3) is 3.19. The van der Waals surface area contributed by atoms with E-state index < -0.39 is 10.0 Å².